The van der Waals surface area contributed by atoms with Crippen LogP contribution in [-0.4, -0.2) is 47.1 Å². The van der Waals surface area contributed by atoms with Gasteiger partial charge in [-0.15, -0.1) is 0 Å². The number of nitro benzene ring substituents is 1. The van der Waals surface area contributed by atoms with E-state index in [1.54, 1.807) is 19.2 Å². The molecule has 21 heavy (non-hydrogen) atoms. The van der Waals surface area contributed by atoms with Gasteiger partial charge in [0.2, 0.25) is 0 Å². The second-order valence-electron chi connectivity index (χ2n) is 4.47. The highest BCUT2D eigenvalue weighted by Gasteiger charge is 2.10. The van der Waals surface area contributed by atoms with Gasteiger partial charge in [-0.25, -0.2) is 4.79 Å². The Hall–Kier alpha value is -2.64. The van der Waals surface area contributed by atoms with Gasteiger partial charge in [0.15, 0.2) is 0 Å². The Balaban J connectivity index is 2.43. The van der Waals surface area contributed by atoms with E-state index < -0.39 is 10.9 Å². The summed E-state index contributed by atoms with van der Waals surface area (Å²) in [5.74, 6) is -0.977. The van der Waals surface area contributed by atoms with Gasteiger partial charge in [-0.1, -0.05) is 12.1 Å². The zero-order chi connectivity index (χ0) is 15.8. The molecule has 2 N–H and O–H groups in total. The first-order chi connectivity index (χ1) is 9.90. The number of benzene rings is 1. The lowest BCUT2D eigenvalue weighted by molar-refractivity contribution is -0.384. The van der Waals surface area contributed by atoms with Crippen LogP contribution in [0.15, 0.2) is 24.3 Å². The lowest BCUT2D eigenvalue weighted by Crippen LogP contribution is -2.39. The minimum atomic E-state index is -0.977. The van der Waals surface area contributed by atoms with Crippen LogP contribution in [0.3, 0.4) is 0 Å². The number of aliphatic carboxylic acids is 1. The maximum Gasteiger partial charge on any atom is 0.317 e. The Morgan fingerprint density at radius 2 is 2.14 bits per heavy atom. The van der Waals surface area contributed by atoms with Crippen LogP contribution < -0.4 is 5.32 Å². The molecule has 0 spiro atoms. The number of nitrogens with one attached hydrogen (secondary N) is 1. The fraction of sp³-hybridized carbons (Fsp3) is 0.385. The smallest absolute Gasteiger partial charge is 0.317 e. The maximum absolute atomic E-state index is 11.6. The molecule has 0 atom stereocenters. The van der Waals surface area contributed by atoms with Crippen LogP contribution >= 0.6 is 0 Å². The van der Waals surface area contributed by atoms with Crippen LogP contribution in [0, 0.1) is 10.1 Å². The highest BCUT2D eigenvalue weighted by Crippen LogP contribution is 2.13. The van der Waals surface area contributed by atoms with Crippen molar-refractivity contribution in [1.82, 2.24) is 10.2 Å². The fourth-order valence-corrected chi connectivity index (χ4v) is 1.64. The summed E-state index contributed by atoms with van der Waals surface area (Å²) in [5.41, 5.74) is 0.774. The molecule has 0 heterocycles. The number of nitrogens with zero attached hydrogens (tertiary/aromatic N) is 2. The summed E-state index contributed by atoms with van der Waals surface area (Å²) in [4.78, 5) is 33.6. The molecule has 0 bridgehead atoms. The number of carboxylic acids is 1. The number of hydrogen-bond donors (Lipinski definition) is 2. The summed E-state index contributed by atoms with van der Waals surface area (Å²) >= 11 is 0. The van der Waals surface area contributed by atoms with Gasteiger partial charge in [-0.2, -0.15) is 0 Å². The summed E-state index contributed by atoms with van der Waals surface area (Å²) in [5, 5.41) is 21.6. The lowest BCUT2D eigenvalue weighted by Gasteiger charge is -2.17. The first-order valence-corrected chi connectivity index (χ1v) is 6.34. The van der Waals surface area contributed by atoms with Crippen LogP contribution in [0.4, 0.5) is 10.5 Å². The predicted octanol–water partition coefficient (Wildman–Crippen LogP) is 1.25. The molecule has 0 aromatic heterocycles. The van der Waals surface area contributed by atoms with E-state index in [2.05, 4.69) is 5.32 Å². The van der Waals surface area contributed by atoms with Crippen molar-refractivity contribution >= 4 is 17.7 Å². The highest BCUT2D eigenvalue weighted by atomic mass is 16.6. The van der Waals surface area contributed by atoms with E-state index in [1.165, 1.54) is 17.0 Å². The van der Waals surface area contributed by atoms with Crippen molar-refractivity contribution in [2.45, 2.75) is 12.8 Å². The van der Waals surface area contributed by atoms with E-state index >= 15 is 0 Å². The number of nitro groups is 1. The average Bonchev–Trinajstić information content (AvgIpc) is 2.44. The van der Waals surface area contributed by atoms with Crippen molar-refractivity contribution in [2.24, 2.45) is 0 Å². The van der Waals surface area contributed by atoms with Crippen LogP contribution in [0.25, 0.3) is 0 Å². The number of amides is 2. The average molecular weight is 295 g/mol. The van der Waals surface area contributed by atoms with Crippen molar-refractivity contribution in [3.05, 3.63) is 39.9 Å². The quantitative estimate of drug-likeness (QED) is 0.580. The summed E-state index contributed by atoms with van der Waals surface area (Å²) in [6, 6.07) is 5.85. The first kappa shape index (κ1) is 16.4. The van der Waals surface area contributed by atoms with Crippen LogP contribution in [-0.2, 0) is 11.2 Å². The number of carbonyl (C=O) groups excluding carboxylic acids is 1. The Morgan fingerprint density at radius 3 is 2.76 bits per heavy atom. The molecule has 114 valence electrons. The standard InChI is InChI=1S/C13H17N3O5/c1-15(13(19)14-7-5-12(17)18)8-6-10-3-2-4-11(9-10)16(20)21/h2-4,9H,5-8H2,1H3,(H,14,19)(H,17,18). The maximum atomic E-state index is 11.6. The van der Waals surface area contributed by atoms with E-state index in [0.717, 1.165) is 5.56 Å². The van der Waals surface area contributed by atoms with Crippen LogP contribution in [0.1, 0.15) is 12.0 Å². The molecule has 1 rings (SSSR count). The lowest BCUT2D eigenvalue weighted by atomic mass is 10.1. The van der Waals surface area contributed by atoms with Crippen LogP contribution in [0.2, 0.25) is 0 Å². The Morgan fingerprint density at radius 1 is 1.43 bits per heavy atom. The molecule has 0 saturated carbocycles. The van der Waals surface area contributed by atoms with Crippen molar-refractivity contribution < 1.29 is 19.6 Å². The van der Waals surface area contributed by atoms with Crippen LogP contribution in [0.5, 0.6) is 0 Å². The van der Waals surface area contributed by atoms with Gasteiger partial charge in [-0.05, 0) is 12.0 Å². The second kappa shape index (κ2) is 7.83. The summed E-state index contributed by atoms with van der Waals surface area (Å²) in [6.45, 7) is 0.440. The molecule has 0 unspecified atom stereocenters. The zero-order valence-electron chi connectivity index (χ0n) is 11.6. The number of likely N-dealkylation sites (N-methyl/N-ethyl adjacent to an activating group) is 1. The number of rotatable bonds is 7. The normalized spacial score (nSPS) is 9.95. The molecule has 1 aromatic rings. The third-order valence-corrected chi connectivity index (χ3v) is 2.82. The molecular formula is C13H17N3O5. The first-order valence-electron chi connectivity index (χ1n) is 6.34. The summed E-state index contributed by atoms with van der Waals surface area (Å²) < 4.78 is 0. The van der Waals surface area contributed by atoms with E-state index in [9.17, 15) is 19.7 Å². The summed E-state index contributed by atoms with van der Waals surface area (Å²) in [7, 11) is 1.58. The molecule has 0 aliphatic heterocycles. The van der Waals surface area contributed by atoms with Gasteiger partial charge in [-0.3, -0.25) is 14.9 Å². The molecule has 8 heteroatoms. The molecule has 0 radical (unpaired) electrons. The van der Waals surface area contributed by atoms with Gasteiger partial charge in [0.05, 0.1) is 11.3 Å². The minimum Gasteiger partial charge on any atom is -0.481 e. The van der Waals surface area contributed by atoms with E-state index in [1.807, 2.05) is 0 Å². The van der Waals surface area contributed by atoms with Crippen molar-refractivity contribution in [3.8, 4) is 0 Å². The molecule has 0 aliphatic carbocycles. The van der Waals surface area contributed by atoms with Crippen molar-refractivity contribution in [2.75, 3.05) is 20.1 Å². The third kappa shape index (κ3) is 5.89. The van der Waals surface area contributed by atoms with E-state index in [0.29, 0.717) is 13.0 Å². The van der Waals surface area contributed by atoms with Gasteiger partial charge in [0, 0.05) is 32.3 Å². The van der Waals surface area contributed by atoms with E-state index in [4.69, 9.17) is 5.11 Å². The Labute approximate surface area is 121 Å². The largest absolute Gasteiger partial charge is 0.481 e. The number of non-ortho nitro benzene ring substituents is 1. The Kier molecular flexibility index (Phi) is 6.12. The van der Waals surface area contributed by atoms with Crippen molar-refractivity contribution in [1.29, 1.82) is 0 Å². The topological polar surface area (TPSA) is 113 Å². The molecule has 0 fully saturated rings. The molecule has 0 aliphatic rings. The predicted molar refractivity (Wildman–Crippen MR) is 75.1 cm³/mol. The number of hydrogen-bond acceptors (Lipinski definition) is 4. The summed E-state index contributed by atoms with van der Waals surface area (Å²) in [6.07, 6.45) is 0.342. The zero-order valence-corrected chi connectivity index (χ0v) is 11.6. The van der Waals surface area contributed by atoms with Crippen molar-refractivity contribution in [3.63, 3.8) is 0 Å². The SMILES string of the molecule is CN(CCc1cccc([N+](=O)[O-])c1)C(=O)NCCC(=O)O. The van der Waals surface area contributed by atoms with E-state index in [-0.39, 0.29) is 24.7 Å². The van der Waals surface area contributed by atoms with Gasteiger partial charge in [0.25, 0.3) is 5.69 Å². The second-order valence-corrected chi connectivity index (χ2v) is 4.47. The number of carbonyl (C=O) groups is 2. The molecular weight excluding hydrogens is 278 g/mol. The number of urea groups is 1. The molecule has 2 amide bonds. The highest BCUT2D eigenvalue weighted by molar-refractivity contribution is 5.74. The third-order valence-electron chi connectivity index (χ3n) is 2.82. The van der Waals surface area contributed by atoms with Gasteiger partial charge >= 0.3 is 12.0 Å². The Bertz CT molecular complexity index is 532. The van der Waals surface area contributed by atoms with Gasteiger partial charge in [0.1, 0.15) is 0 Å². The van der Waals surface area contributed by atoms with Gasteiger partial charge < -0.3 is 15.3 Å². The fourth-order valence-electron chi connectivity index (χ4n) is 1.64. The molecule has 1 aromatic carbocycles. The molecule has 0 saturated heterocycles. The minimum absolute atomic E-state index is 0.0149. The number of carboxylic acid groups (broad SMARTS) is 1. The monoisotopic (exact) mass is 295 g/mol. The molecule has 8 nitrogen and oxygen atoms in total.